The lowest BCUT2D eigenvalue weighted by atomic mass is 9.76. The monoisotopic (exact) mass is 551 g/mol. The first-order valence-electron chi connectivity index (χ1n) is 11.7. The summed E-state index contributed by atoms with van der Waals surface area (Å²) < 4.78 is 28.2. The Bertz CT molecular complexity index is 1330. The van der Waals surface area contributed by atoms with E-state index in [0.717, 1.165) is 27.8 Å². The fourth-order valence-corrected chi connectivity index (χ4v) is 7.11. The van der Waals surface area contributed by atoms with Crippen LogP contribution >= 0.6 is 22.9 Å². The molecule has 2 atom stereocenters. The van der Waals surface area contributed by atoms with E-state index in [1.165, 1.54) is 22.3 Å². The molecule has 1 saturated heterocycles. The van der Waals surface area contributed by atoms with Crippen molar-refractivity contribution in [2.75, 3.05) is 18.0 Å². The van der Waals surface area contributed by atoms with Crippen molar-refractivity contribution < 1.29 is 23.1 Å². The molecule has 2 aliphatic heterocycles. The number of nitrogens with one attached hydrogen (secondary N) is 1. The number of amides is 2. The Kier molecular flexibility index (Phi) is 7.27. The molecule has 2 aliphatic rings. The molecular weight excluding hydrogens is 522 g/mol. The summed E-state index contributed by atoms with van der Waals surface area (Å²) in [5, 5.41) is 10.8. The van der Waals surface area contributed by atoms with E-state index in [1.807, 2.05) is 39.8 Å². The van der Waals surface area contributed by atoms with Gasteiger partial charge in [0.25, 0.3) is 0 Å². The quantitative estimate of drug-likeness (QED) is 0.542. The largest absolute Gasteiger partial charge is 0.465 e. The molecule has 8 nitrogen and oxygen atoms in total. The third-order valence-electron chi connectivity index (χ3n) is 6.56. The van der Waals surface area contributed by atoms with Crippen molar-refractivity contribution in [2.24, 2.45) is 5.41 Å². The summed E-state index contributed by atoms with van der Waals surface area (Å²) in [6, 6.07) is 6.21. The highest BCUT2D eigenvalue weighted by Gasteiger charge is 2.40. The van der Waals surface area contributed by atoms with Crippen LogP contribution in [0.4, 0.5) is 10.5 Å². The lowest BCUT2D eigenvalue weighted by molar-refractivity contribution is -0.118. The van der Waals surface area contributed by atoms with Crippen LogP contribution in [0.25, 0.3) is 6.08 Å². The number of thiophene rings is 1. The van der Waals surface area contributed by atoms with E-state index in [2.05, 4.69) is 4.72 Å². The fraction of sp³-hybridized carbons (Fsp3) is 0.440. The Morgan fingerprint density at radius 2 is 1.97 bits per heavy atom. The van der Waals surface area contributed by atoms with E-state index in [0.29, 0.717) is 35.1 Å². The van der Waals surface area contributed by atoms with Crippen LogP contribution in [0.2, 0.25) is 4.34 Å². The van der Waals surface area contributed by atoms with Gasteiger partial charge >= 0.3 is 6.09 Å². The number of carbonyl (C=O) groups is 2. The lowest BCUT2D eigenvalue weighted by Crippen LogP contribution is -2.45. The Labute approximate surface area is 220 Å². The van der Waals surface area contributed by atoms with Crippen LogP contribution in [0.15, 0.2) is 29.7 Å². The molecule has 2 amide bonds. The normalized spacial score (nSPS) is 20.9. The Hall–Kier alpha value is -2.40. The molecular formula is C25H30ClN3O5S2. The molecule has 11 heteroatoms. The van der Waals surface area contributed by atoms with E-state index in [9.17, 15) is 23.1 Å². The molecule has 0 radical (unpaired) electrons. The number of sulfonamides is 1. The van der Waals surface area contributed by atoms with Gasteiger partial charge in [0.1, 0.15) is 6.04 Å². The van der Waals surface area contributed by atoms with Gasteiger partial charge in [-0.2, -0.15) is 4.72 Å². The third-order valence-corrected chi connectivity index (χ3v) is 8.86. The van der Waals surface area contributed by atoms with Crippen molar-refractivity contribution in [3.63, 3.8) is 0 Å². The average Bonchev–Trinajstić information content (AvgIpc) is 3.35. The average molecular weight is 552 g/mol. The fourth-order valence-electron chi connectivity index (χ4n) is 5.04. The standard InChI is InChI=1S/C25H30ClN3O5S2/c1-15-13-18-16(7-10-29(24(31)32)22(18)25(2,3)4)14-20(15)28-11-8-19(23(28)30)27-36(33,34)12-9-17-5-6-21(26)35-17/h5-6,9,12-14,19,22,27H,7-8,10-11H2,1-4H3,(H,31,32)/b12-9+/t19-,22?/m0/s1. The van der Waals surface area contributed by atoms with E-state index < -0.39 is 22.2 Å². The van der Waals surface area contributed by atoms with E-state index >= 15 is 0 Å². The van der Waals surface area contributed by atoms with Crippen molar-refractivity contribution in [1.82, 2.24) is 9.62 Å². The summed E-state index contributed by atoms with van der Waals surface area (Å²) in [6.07, 6.45) is 1.42. The van der Waals surface area contributed by atoms with Crippen molar-refractivity contribution in [2.45, 2.75) is 52.6 Å². The number of anilines is 1. The maximum absolute atomic E-state index is 13.2. The van der Waals surface area contributed by atoms with Gasteiger partial charge in [-0.15, -0.1) is 11.3 Å². The Morgan fingerprint density at radius 1 is 1.25 bits per heavy atom. The van der Waals surface area contributed by atoms with Gasteiger partial charge in [0.15, 0.2) is 0 Å². The molecule has 0 saturated carbocycles. The number of carboxylic acid groups (broad SMARTS) is 1. The van der Waals surface area contributed by atoms with Crippen LogP contribution < -0.4 is 9.62 Å². The van der Waals surface area contributed by atoms with Gasteiger partial charge in [-0.3, -0.25) is 4.79 Å². The lowest BCUT2D eigenvalue weighted by Gasteiger charge is -2.43. The highest BCUT2D eigenvalue weighted by atomic mass is 35.5. The smallest absolute Gasteiger partial charge is 0.407 e. The number of fused-ring (bicyclic) bond motifs is 1. The SMILES string of the molecule is Cc1cc2c(cc1N1CC[C@H](NS(=O)(=O)/C=C/c3ccc(Cl)s3)C1=O)CCN(C(=O)O)C2C(C)(C)C. The van der Waals surface area contributed by atoms with Crippen LogP contribution in [0.5, 0.6) is 0 Å². The van der Waals surface area contributed by atoms with Gasteiger partial charge in [-0.1, -0.05) is 38.4 Å². The highest BCUT2D eigenvalue weighted by Crippen LogP contribution is 2.44. The van der Waals surface area contributed by atoms with Gasteiger partial charge in [-0.25, -0.2) is 13.2 Å². The number of rotatable bonds is 5. The maximum atomic E-state index is 13.2. The van der Waals surface area contributed by atoms with Crippen molar-refractivity contribution in [3.8, 4) is 0 Å². The zero-order valence-corrected chi connectivity index (χ0v) is 23.0. The van der Waals surface area contributed by atoms with Gasteiger partial charge in [-0.05, 0) is 66.1 Å². The molecule has 0 spiro atoms. The summed E-state index contributed by atoms with van der Waals surface area (Å²) in [7, 11) is -3.83. The summed E-state index contributed by atoms with van der Waals surface area (Å²) >= 11 is 7.15. The number of aryl methyl sites for hydroxylation is 1. The molecule has 2 N–H and O–H groups in total. The van der Waals surface area contributed by atoms with E-state index in [1.54, 1.807) is 17.0 Å². The van der Waals surface area contributed by atoms with Crippen molar-refractivity contribution >= 4 is 56.7 Å². The molecule has 194 valence electrons. The molecule has 1 aromatic carbocycles. The highest BCUT2D eigenvalue weighted by molar-refractivity contribution is 7.92. The second-order valence-corrected chi connectivity index (χ2v) is 13.6. The second kappa shape index (κ2) is 9.81. The zero-order valence-electron chi connectivity index (χ0n) is 20.6. The minimum atomic E-state index is -3.83. The molecule has 36 heavy (non-hydrogen) atoms. The molecule has 1 aromatic heterocycles. The summed E-state index contributed by atoms with van der Waals surface area (Å²) in [6.45, 7) is 8.73. The molecule has 3 heterocycles. The van der Waals surface area contributed by atoms with Crippen LogP contribution in [0.1, 0.15) is 54.8 Å². The van der Waals surface area contributed by atoms with Crippen LogP contribution in [-0.2, 0) is 21.2 Å². The third kappa shape index (κ3) is 5.46. The predicted molar refractivity (Wildman–Crippen MR) is 143 cm³/mol. The zero-order chi connectivity index (χ0) is 26.4. The summed E-state index contributed by atoms with van der Waals surface area (Å²) in [5.41, 5.74) is 3.25. The number of halogens is 1. The van der Waals surface area contributed by atoms with E-state index in [4.69, 9.17) is 11.6 Å². The van der Waals surface area contributed by atoms with Crippen molar-refractivity contribution in [1.29, 1.82) is 0 Å². The number of benzene rings is 1. The summed E-state index contributed by atoms with van der Waals surface area (Å²) in [5.74, 6) is -0.301. The van der Waals surface area contributed by atoms with Crippen LogP contribution in [-0.4, -0.2) is 49.6 Å². The second-order valence-electron chi connectivity index (χ2n) is 10.3. The first-order chi connectivity index (χ1) is 16.8. The van der Waals surface area contributed by atoms with E-state index in [-0.39, 0.29) is 17.4 Å². The van der Waals surface area contributed by atoms with Gasteiger partial charge in [0.05, 0.1) is 10.4 Å². The van der Waals surface area contributed by atoms with Gasteiger partial charge in [0.2, 0.25) is 15.9 Å². The molecule has 4 rings (SSSR count). The molecule has 1 unspecified atom stereocenters. The molecule has 1 fully saturated rings. The summed E-state index contributed by atoms with van der Waals surface area (Å²) in [4.78, 5) is 28.9. The predicted octanol–water partition coefficient (Wildman–Crippen LogP) is 5.03. The van der Waals surface area contributed by atoms with Gasteiger partial charge in [0, 0.05) is 29.1 Å². The Morgan fingerprint density at radius 3 is 2.58 bits per heavy atom. The molecule has 0 aliphatic carbocycles. The van der Waals surface area contributed by atoms with Gasteiger partial charge < -0.3 is 14.9 Å². The minimum absolute atomic E-state index is 0.301. The van der Waals surface area contributed by atoms with Crippen LogP contribution in [0.3, 0.4) is 0 Å². The first-order valence-corrected chi connectivity index (χ1v) is 14.4. The molecule has 0 bridgehead atoms. The number of hydrogen-bond acceptors (Lipinski definition) is 5. The molecule has 2 aromatic rings. The first kappa shape index (κ1) is 26.7. The van der Waals surface area contributed by atoms with Crippen LogP contribution in [0, 0.1) is 12.3 Å². The number of nitrogens with zero attached hydrogens (tertiary/aromatic N) is 2. The maximum Gasteiger partial charge on any atom is 0.407 e. The minimum Gasteiger partial charge on any atom is -0.465 e. The number of hydrogen-bond donors (Lipinski definition) is 2. The number of carbonyl (C=O) groups excluding carboxylic acids is 1. The van der Waals surface area contributed by atoms with Crippen molar-refractivity contribution in [3.05, 3.63) is 55.6 Å². The topological polar surface area (TPSA) is 107 Å². The Balaban J connectivity index is 1.55.